The number of thiazole rings is 2. The third kappa shape index (κ3) is 6.83. The number of benzene rings is 5. The fraction of sp³-hybridized carbons (Fsp3) is 0.0370. The van der Waals surface area contributed by atoms with Gasteiger partial charge in [-0.15, -0.1) is 11.3 Å². The molecule has 0 aliphatic heterocycles. The Morgan fingerprint density at radius 2 is 1.03 bits per heavy atom. The number of nitrogens with zero attached hydrogens (tertiary/aromatic N) is 8. The van der Waals surface area contributed by atoms with Gasteiger partial charge in [0, 0.05) is 45.5 Å². The van der Waals surface area contributed by atoms with Crippen LogP contribution in [-0.2, 0) is 0 Å². The SMILES string of the molecule is [C-]#[N+]/C(c1nc2cccnc2s1)=c1\c2c(C)n(B(c3ccccc3)c3ccccc3)/c(=C(/C#N)c3nc4cccnc4s3)c2c(-c2ccccc2C)n1B(c1ccccc1)c1ccccc1. The molecule has 0 radical (unpaired) electrons. The van der Waals surface area contributed by atoms with Gasteiger partial charge in [0.2, 0.25) is 5.70 Å². The molecule has 66 heavy (non-hydrogen) atoms. The number of fused-ring (bicyclic) bond motifs is 3. The van der Waals surface area contributed by atoms with Gasteiger partial charge in [0.25, 0.3) is 0 Å². The molecule has 0 amide bonds. The molecule has 11 rings (SSSR count). The number of hydrogen-bond donors (Lipinski definition) is 0. The summed E-state index contributed by atoms with van der Waals surface area (Å²) in [5.74, 6) is 0. The number of hydrogen-bond acceptors (Lipinski definition) is 7. The molecule has 0 fully saturated rings. The number of aromatic nitrogens is 6. The smallest absolute Gasteiger partial charge is 0.327 e. The van der Waals surface area contributed by atoms with Gasteiger partial charge in [0.15, 0.2) is 0 Å². The number of pyridine rings is 2. The highest BCUT2D eigenvalue weighted by atomic mass is 32.1. The van der Waals surface area contributed by atoms with E-state index in [1.807, 2.05) is 48.5 Å². The first kappa shape index (κ1) is 40.6. The van der Waals surface area contributed by atoms with Crippen molar-refractivity contribution in [3.8, 4) is 17.3 Å². The maximum Gasteiger partial charge on any atom is 0.327 e. The molecule has 6 heterocycles. The normalized spacial score (nSPS) is 12.2. The molecule has 0 saturated heterocycles. The van der Waals surface area contributed by atoms with Gasteiger partial charge < -0.3 is 8.96 Å². The van der Waals surface area contributed by atoms with Crippen LogP contribution in [0.3, 0.4) is 0 Å². The Morgan fingerprint density at radius 3 is 1.52 bits per heavy atom. The zero-order valence-electron chi connectivity index (χ0n) is 35.9. The highest BCUT2D eigenvalue weighted by molar-refractivity contribution is 7.19. The number of nitriles is 1. The van der Waals surface area contributed by atoms with Crippen molar-refractivity contribution in [2.45, 2.75) is 13.8 Å². The van der Waals surface area contributed by atoms with Crippen molar-refractivity contribution in [1.82, 2.24) is 28.9 Å². The Bertz CT molecular complexity index is 3590. The van der Waals surface area contributed by atoms with Gasteiger partial charge in [0.1, 0.15) is 36.8 Å². The Kier molecular flexibility index (Phi) is 10.5. The van der Waals surface area contributed by atoms with Gasteiger partial charge in [-0.2, -0.15) is 5.26 Å². The predicted molar refractivity (Wildman–Crippen MR) is 273 cm³/mol. The molecule has 0 aliphatic carbocycles. The summed E-state index contributed by atoms with van der Waals surface area (Å²) in [6.07, 6.45) is 3.53. The minimum absolute atomic E-state index is 0.390. The highest BCUT2D eigenvalue weighted by Gasteiger charge is 2.36. The van der Waals surface area contributed by atoms with Crippen molar-refractivity contribution in [1.29, 1.82) is 5.26 Å². The molecule has 0 atom stereocenters. The Balaban J connectivity index is 1.47. The van der Waals surface area contributed by atoms with Crippen LogP contribution in [0, 0.1) is 31.8 Å². The minimum Gasteiger partial charge on any atom is -0.384 e. The van der Waals surface area contributed by atoms with E-state index in [1.54, 1.807) is 12.4 Å². The van der Waals surface area contributed by atoms with Crippen molar-refractivity contribution in [2.75, 3.05) is 0 Å². The van der Waals surface area contributed by atoms with Crippen molar-refractivity contribution in [3.63, 3.8) is 0 Å². The van der Waals surface area contributed by atoms with Gasteiger partial charge in [-0.25, -0.2) is 24.8 Å². The van der Waals surface area contributed by atoms with Crippen LogP contribution >= 0.6 is 22.7 Å². The second-order valence-corrected chi connectivity index (χ2v) is 18.0. The van der Waals surface area contributed by atoms with Crippen LogP contribution in [-0.4, -0.2) is 42.6 Å². The fourth-order valence-electron chi connectivity index (χ4n) is 9.42. The molecule has 12 heteroatoms. The van der Waals surface area contributed by atoms with Gasteiger partial charge in [-0.05, 0) is 43.7 Å². The first-order valence-corrected chi connectivity index (χ1v) is 23.2. The first-order valence-electron chi connectivity index (χ1n) is 21.5. The molecular formula is C54H36B2N8S2. The lowest BCUT2D eigenvalue weighted by Gasteiger charge is -2.24. The zero-order chi connectivity index (χ0) is 44.7. The van der Waals surface area contributed by atoms with Crippen LogP contribution in [0.2, 0.25) is 0 Å². The summed E-state index contributed by atoms with van der Waals surface area (Å²) in [6, 6.07) is 60.6. The predicted octanol–water partition coefficient (Wildman–Crippen LogP) is 7.84. The lowest BCUT2D eigenvalue weighted by atomic mass is 9.50. The lowest BCUT2D eigenvalue weighted by molar-refractivity contribution is 1.07. The molecule has 0 aliphatic rings. The Morgan fingerprint density at radius 1 is 0.561 bits per heavy atom. The van der Waals surface area contributed by atoms with Gasteiger partial charge in [-0.3, -0.25) is 0 Å². The molecule has 8 nitrogen and oxygen atoms in total. The quantitative estimate of drug-likeness (QED) is 0.109. The maximum atomic E-state index is 11.8. The van der Waals surface area contributed by atoms with Crippen molar-refractivity contribution in [2.24, 2.45) is 0 Å². The molecule has 0 N–H and O–H groups in total. The largest absolute Gasteiger partial charge is 0.384 e. The van der Waals surface area contributed by atoms with Crippen LogP contribution in [0.5, 0.6) is 0 Å². The van der Waals surface area contributed by atoms with Gasteiger partial charge in [0.05, 0.1) is 17.4 Å². The summed E-state index contributed by atoms with van der Waals surface area (Å²) in [5, 5.41) is 16.0. The van der Waals surface area contributed by atoms with Crippen molar-refractivity contribution < 1.29 is 0 Å². The van der Waals surface area contributed by atoms with Crippen LogP contribution in [0.25, 0.3) is 58.8 Å². The van der Waals surface area contributed by atoms with Crippen LogP contribution in [0.1, 0.15) is 21.3 Å². The molecule has 6 aromatic heterocycles. The van der Waals surface area contributed by atoms with Crippen LogP contribution in [0.4, 0.5) is 0 Å². The summed E-state index contributed by atoms with van der Waals surface area (Å²) in [7, 11) is 0. The lowest BCUT2D eigenvalue weighted by Crippen LogP contribution is -2.54. The van der Waals surface area contributed by atoms with Gasteiger partial charge >= 0.3 is 13.7 Å². The molecule has 0 saturated carbocycles. The maximum absolute atomic E-state index is 11.8. The third-order valence-corrected chi connectivity index (χ3v) is 14.2. The highest BCUT2D eigenvalue weighted by Crippen LogP contribution is 2.35. The number of aryl methyl sites for hydroxylation is 2. The average Bonchev–Trinajstić information content (AvgIpc) is 4.14. The standard InChI is InChI=1S/C54H36B2N8S2/c1-35-20-16-17-29-41(35)48-46-45(50(47(58-3)54-62-44-31-19-33-60-53(44)66-54)64(48)56(39-25-12-6-13-26-39)40-27-14-7-15-28-40)36(2)63(55(37-21-8-4-9-22-37)38-23-10-5-11-24-38)49(46)42(34-57)51-61-43-30-18-32-59-52(43)65-51/h4-33H,1-2H3/b49-42-,50-47+. The second-order valence-electron chi connectivity index (χ2n) is 16.0. The minimum atomic E-state index is -0.425. The Hall–Kier alpha value is -8.15. The van der Waals surface area contributed by atoms with Crippen molar-refractivity contribution >= 4 is 101 Å². The van der Waals surface area contributed by atoms with Crippen LogP contribution in [0.15, 0.2) is 182 Å². The van der Waals surface area contributed by atoms with E-state index >= 15 is 0 Å². The molecule has 0 spiro atoms. The molecule has 5 aromatic carbocycles. The van der Waals surface area contributed by atoms with E-state index in [1.165, 1.54) is 22.7 Å². The van der Waals surface area contributed by atoms with Crippen molar-refractivity contribution in [3.05, 3.63) is 226 Å². The zero-order valence-corrected chi connectivity index (χ0v) is 37.5. The number of rotatable bonds is 9. The summed E-state index contributed by atoms with van der Waals surface area (Å²) >= 11 is 2.82. The molecule has 0 unspecified atom stereocenters. The average molecular weight is 883 g/mol. The van der Waals surface area contributed by atoms with Crippen LogP contribution < -0.4 is 32.5 Å². The topological polar surface area (TPSA) is 89.6 Å². The summed E-state index contributed by atoms with van der Waals surface area (Å²) < 4.78 is 4.69. The summed E-state index contributed by atoms with van der Waals surface area (Å²) in [4.78, 5) is 25.6. The van der Waals surface area contributed by atoms with E-state index in [0.29, 0.717) is 32.0 Å². The first-order chi connectivity index (χ1) is 32.5. The molecule has 0 bridgehead atoms. The molecular weight excluding hydrogens is 846 g/mol. The fourth-order valence-corrected chi connectivity index (χ4v) is 11.2. The van der Waals surface area contributed by atoms with E-state index < -0.39 is 13.7 Å². The summed E-state index contributed by atoms with van der Waals surface area (Å²) in [5.41, 5.74) is 10.2. The van der Waals surface area contributed by atoms with E-state index in [0.717, 1.165) is 75.8 Å². The van der Waals surface area contributed by atoms with E-state index in [2.05, 4.69) is 165 Å². The monoisotopic (exact) mass is 882 g/mol. The van der Waals surface area contributed by atoms with E-state index in [9.17, 15) is 11.8 Å². The second kappa shape index (κ2) is 17.1. The van der Waals surface area contributed by atoms with E-state index in [4.69, 9.17) is 9.97 Å². The third-order valence-electron chi connectivity index (χ3n) is 12.2. The van der Waals surface area contributed by atoms with Gasteiger partial charge in [-0.1, -0.05) is 179 Å². The Labute approximate surface area is 389 Å². The molecule has 310 valence electrons. The molecule has 11 aromatic rings. The summed E-state index contributed by atoms with van der Waals surface area (Å²) in [6.45, 7) is 12.7. The van der Waals surface area contributed by atoms with E-state index in [-0.39, 0.29) is 0 Å².